The summed E-state index contributed by atoms with van der Waals surface area (Å²) < 4.78 is 0. The van der Waals surface area contributed by atoms with Gasteiger partial charge < -0.3 is 20.8 Å². The van der Waals surface area contributed by atoms with Gasteiger partial charge in [0, 0.05) is 6.04 Å². The molecule has 1 rings (SSSR count). The van der Waals surface area contributed by atoms with E-state index in [1.165, 1.54) is 18.2 Å². The van der Waals surface area contributed by atoms with Crippen LogP contribution in [0.1, 0.15) is 23.7 Å². The number of carboxylic acids is 1. The van der Waals surface area contributed by atoms with E-state index in [4.69, 9.17) is 5.11 Å². The van der Waals surface area contributed by atoms with Crippen molar-refractivity contribution in [3.05, 3.63) is 36.4 Å². The average molecular weight is 264 g/mol. The minimum absolute atomic E-state index is 0.0446. The summed E-state index contributed by atoms with van der Waals surface area (Å²) >= 11 is 0. The molecule has 0 aliphatic rings. The highest BCUT2D eigenvalue weighted by Gasteiger charge is 2.15. The van der Waals surface area contributed by atoms with Crippen LogP contribution in [-0.4, -0.2) is 28.3 Å². The number of aromatic hydroxyl groups is 1. The summed E-state index contributed by atoms with van der Waals surface area (Å²) in [7, 11) is 0. The Bertz CT molecular complexity index is 499. The number of benzene rings is 1. The zero-order chi connectivity index (χ0) is 14.4. The fourth-order valence-corrected chi connectivity index (χ4v) is 1.51. The number of carbonyl (C=O) groups excluding carboxylic acids is 1. The number of amides is 2. The molecule has 1 aromatic rings. The van der Waals surface area contributed by atoms with Crippen molar-refractivity contribution in [1.29, 1.82) is 0 Å². The quantitative estimate of drug-likeness (QED) is 0.484. The molecule has 0 aliphatic heterocycles. The van der Waals surface area contributed by atoms with Crippen LogP contribution in [0.25, 0.3) is 0 Å². The molecule has 0 fully saturated rings. The van der Waals surface area contributed by atoms with E-state index in [0.717, 1.165) is 0 Å². The van der Waals surface area contributed by atoms with E-state index < -0.39 is 17.7 Å². The largest absolute Gasteiger partial charge is 0.505 e. The molecule has 0 saturated heterocycles. The third-order valence-electron chi connectivity index (χ3n) is 2.41. The van der Waals surface area contributed by atoms with Crippen LogP contribution in [0.3, 0.4) is 0 Å². The van der Waals surface area contributed by atoms with Gasteiger partial charge in [-0.15, -0.1) is 6.58 Å². The van der Waals surface area contributed by atoms with Crippen molar-refractivity contribution in [3.8, 4) is 5.75 Å². The Balaban J connectivity index is 2.77. The lowest BCUT2D eigenvalue weighted by molar-refractivity contribution is 0.0693. The summed E-state index contributed by atoms with van der Waals surface area (Å²) in [4.78, 5) is 22.4. The lowest BCUT2D eigenvalue weighted by atomic mass is 10.1. The van der Waals surface area contributed by atoms with Gasteiger partial charge in [-0.05, 0) is 25.5 Å². The summed E-state index contributed by atoms with van der Waals surface area (Å²) in [6.07, 6.45) is 2.28. The van der Waals surface area contributed by atoms with E-state index in [9.17, 15) is 14.7 Å². The van der Waals surface area contributed by atoms with Crippen LogP contribution in [0, 0.1) is 0 Å². The molecule has 0 aromatic heterocycles. The summed E-state index contributed by atoms with van der Waals surface area (Å²) in [5.41, 5.74) is -0.222. The van der Waals surface area contributed by atoms with Crippen molar-refractivity contribution in [3.63, 3.8) is 0 Å². The highest BCUT2D eigenvalue weighted by Crippen LogP contribution is 2.27. The maximum Gasteiger partial charge on any atom is 0.339 e. The first-order valence-corrected chi connectivity index (χ1v) is 5.69. The Morgan fingerprint density at radius 2 is 2.16 bits per heavy atom. The van der Waals surface area contributed by atoms with Gasteiger partial charge in [0.25, 0.3) is 0 Å². The van der Waals surface area contributed by atoms with E-state index in [1.54, 1.807) is 13.0 Å². The Labute approximate surface area is 110 Å². The van der Waals surface area contributed by atoms with Crippen LogP contribution in [0.15, 0.2) is 30.9 Å². The Hall–Kier alpha value is -2.50. The number of rotatable bonds is 5. The number of carboxylic acid groups (broad SMARTS) is 1. The number of anilines is 1. The number of phenols is 1. The number of hydrogen-bond acceptors (Lipinski definition) is 3. The van der Waals surface area contributed by atoms with Crippen molar-refractivity contribution in [2.24, 2.45) is 0 Å². The van der Waals surface area contributed by atoms with Crippen molar-refractivity contribution in [1.82, 2.24) is 5.32 Å². The Kier molecular flexibility index (Phi) is 4.93. The number of nitrogens with one attached hydrogen (secondary N) is 2. The SMILES string of the molecule is C=CCC(C)NC(=O)Nc1cccc(C(=O)O)c1O. The van der Waals surface area contributed by atoms with Crippen LogP contribution in [0.4, 0.5) is 10.5 Å². The summed E-state index contributed by atoms with van der Waals surface area (Å²) in [5, 5.41) is 23.6. The van der Waals surface area contributed by atoms with Gasteiger partial charge in [0.05, 0.1) is 5.69 Å². The second kappa shape index (κ2) is 6.44. The van der Waals surface area contributed by atoms with Crippen molar-refractivity contribution in [2.45, 2.75) is 19.4 Å². The first-order chi connectivity index (χ1) is 8.95. The lowest BCUT2D eigenvalue weighted by Gasteiger charge is -2.14. The molecule has 6 nitrogen and oxygen atoms in total. The number of carbonyl (C=O) groups is 2. The van der Waals surface area contributed by atoms with Crippen LogP contribution >= 0.6 is 0 Å². The molecular weight excluding hydrogens is 248 g/mol. The Morgan fingerprint density at radius 1 is 1.47 bits per heavy atom. The second-order valence-electron chi connectivity index (χ2n) is 4.03. The van der Waals surface area contributed by atoms with Gasteiger partial charge >= 0.3 is 12.0 Å². The standard InChI is InChI=1S/C13H16N2O4/c1-3-5-8(2)14-13(19)15-10-7-4-6-9(11(10)16)12(17)18/h3-4,6-8,16H,1,5H2,2H3,(H,17,18)(H2,14,15,19). The summed E-state index contributed by atoms with van der Waals surface area (Å²) in [6.45, 7) is 5.36. The minimum Gasteiger partial charge on any atom is -0.505 e. The first kappa shape index (κ1) is 14.6. The molecule has 0 saturated carbocycles. The molecule has 2 amide bonds. The molecule has 1 unspecified atom stereocenters. The number of urea groups is 1. The summed E-state index contributed by atoms with van der Waals surface area (Å²) in [6, 6.07) is 3.47. The molecular formula is C13H16N2O4. The molecule has 4 N–H and O–H groups in total. The highest BCUT2D eigenvalue weighted by atomic mass is 16.4. The minimum atomic E-state index is -1.26. The third-order valence-corrected chi connectivity index (χ3v) is 2.41. The molecule has 0 aliphatic carbocycles. The number of aromatic carboxylic acids is 1. The molecule has 19 heavy (non-hydrogen) atoms. The topological polar surface area (TPSA) is 98.7 Å². The fraction of sp³-hybridized carbons (Fsp3) is 0.231. The normalized spacial score (nSPS) is 11.4. The molecule has 0 radical (unpaired) electrons. The molecule has 0 heterocycles. The zero-order valence-electron chi connectivity index (χ0n) is 10.5. The second-order valence-corrected chi connectivity index (χ2v) is 4.03. The Morgan fingerprint density at radius 3 is 2.74 bits per heavy atom. The maximum absolute atomic E-state index is 11.6. The van der Waals surface area contributed by atoms with E-state index in [0.29, 0.717) is 6.42 Å². The van der Waals surface area contributed by atoms with E-state index in [-0.39, 0.29) is 17.3 Å². The highest BCUT2D eigenvalue weighted by molar-refractivity contribution is 5.97. The molecule has 1 atom stereocenters. The number of para-hydroxylation sites is 1. The van der Waals surface area contributed by atoms with Crippen molar-refractivity contribution >= 4 is 17.7 Å². The average Bonchev–Trinajstić information content (AvgIpc) is 2.31. The van der Waals surface area contributed by atoms with Crippen molar-refractivity contribution < 1.29 is 19.8 Å². The van der Waals surface area contributed by atoms with Gasteiger partial charge in [-0.25, -0.2) is 9.59 Å². The predicted molar refractivity (Wildman–Crippen MR) is 71.5 cm³/mol. The molecule has 0 bridgehead atoms. The van der Waals surface area contributed by atoms with Gasteiger partial charge in [0.15, 0.2) is 5.75 Å². The monoisotopic (exact) mass is 264 g/mol. The van der Waals surface area contributed by atoms with E-state index in [1.807, 2.05) is 0 Å². The summed E-state index contributed by atoms with van der Waals surface area (Å²) in [5.74, 6) is -1.73. The molecule has 1 aromatic carbocycles. The van der Waals surface area contributed by atoms with E-state index in [2.05, 4.69) is 17.2 Å². The van der Waals surface area contributed by atoms with Gasteiger partial charge in [0.1, 0.15) is 5.56 Å². The van der Waals surface area contributed by atoms with Gasteiger partial charge in [-0.1, -0.05) is 12.1 Å². The van der Waals surface area contributed by atoms with Crippen LogP contribution in [-0.2, 0) is 0 Å². The van der Waals surface area contributed by atoms with E-state index >= 15 is 0 Å². The molecule has 0 spiro atoms. The molecule has 6 heteroatoms. The zero-order valence-corrected chi connectivity index (χ0v) is 10.5. The fourth-order valence-electron chi connectivity index (χ4n) is 1.51. The van der Waals surface area contributed by atoms with Crippen LogP contribution < -0.4 is 10.6 Å². The van der Waals surface area contributed by atoms with Gasteiger partial charge in [0.2, 0.25) is 0 Å². The van der Waals surface area contributed by atoms with Crippen LogP contribution in [0.2, 0.25) is 0 Å². The van der Waals surface area contributed by atoms with Crippen LogP contribution in [0.5, 0.6) is 5.75 Å². The van der Waals surface area contributed by atoms with Crippen molar-refractivity contribution in [2.75, 3.05) is 5.32 Å². The van der Waals surface area contributed by atoms with Gasteiger partial charge in [-0.2, -0.15) is 0 Å². The third kappa shape index (κ3) is 4.02. The smallest absolute Gasteiger partial charge is 0.339 e. The number of hydrogen-bond donors (Lipinski definition) is 4. The van der Waals surface area contributed by atoms with Gasteiger partial charge in [-0.3, -0.25) is 0 Å². The first-order valence-electron chi connectivity index (χ1n) is 5.69. The molecule has 102 valence electrons. The maximum atomic E-state index is 11.6. The lowest BCUT2D eigenvalue weighted by Crippen LogP contribution is -2.35. The predicted octanol–water partition coefficient (Wildman–Crippen LogP) is 2.18.